The monoisotopic (exact) mass is 213 g/mol. The molecule has 0 aliphatic carbocycles. The van der Waals surface area contributed by atoms with Gasteiger partial charge in [-0.25, -0.2) is 0 Å². The average Bonchev–Trinajstić information content (AvgIpc) is 2.70. The molecule has 0 aromatic rings. The molecule has 1 saturated heterocycles. The van der Waals surface area contributed by atoms with Crippen LogP contribution in [0.1, 0.15) is 12.8 Å². The summed E-state index contributed by atoms with van der Waals surface area (Å²) in [7, 11) is 3.43. The van der Waals surface area contributed by atoms with E-state index in [1.165, 1.54) is 4.90 Å². The van der Waals surface area contributed by atoms with Crippen molar-refractivity contribution in [2.75, 3.05) is 33.7 Å². The maximum Gasteiger partial charge on any atom is 0.224 e. The second-order valence-electron chi connectivity index (χ2n) is 4.02. The first kappa shape index (κ1) is 12.0. The van der Waals surface area contributed by atoms with Crippen molar-refractivity contribution < 1.29 is 9.59 Å². The molecule has 5 heteroatoms. The van der Waals surface area contributed by atoms with Crippen molar-refractivity contribution in [2.24, 2.45) is 5.92 Å². The molecule has 0 aromatic heterocycles. The molecular weight excluding hydrogens is 194 g/mol. The second kappa shape index (κ2) is 5.70. The van der Waals surface area contributed by atoms with Crippen LogP contribution in [0.3, 0.4) is 0 Å². The Balaban J connectivity index is 2.14. The summed E-state index contributed by atoms with van der Waals surface area (Å²) in [6.07, 6.45) is 1.27. The van der Waals surface area contributed by atoms with E-state index < -0.39 is 0 Å². The molecule has 0 spiro atoms. The number of nitrogens with zero attached hydrogens (tertiary/aromatic N) is 1. The first-order valence-electron chi connectivity index (χ1n) is 5.30. The van der Waals surface area contributed by atoms with Gasteiger partial charge in [-0.05, 0) is 13.0 Å². The molecule has 2 amide bonds. The predicted molar refractivity (Wildman–Crippen MR) is 57.3 cm³/mol. The van der Waals surface area contributed by atoms with E-state index >= 15 is 0 Å². The van der Waals surface area contributed by atoms with Crippen LogP contribution < -0.4 is 10.6 Å². The molecule has 0 aromatic carbocycles. The summed E-state index contributed by atoms with van der Waals surface area (Å²) < 4.78 is 0. The molecule has 1 fully saturated rings. The molecule has 0 radical (unpaired) electrons. The number of nitrogens with one attached hydrogen (secondary N) is 2. The number of rotatable bonds is 4. The molecule has 0 unspecified atom stereocenters. The zero-order valence-corrected chi connectivity index (χ0v) is 9.38. The van der Waals surface area contributed by atoms with Gasteiger partial charge in [0, 0.05) is 33.6 Å². The van der Waals surface area contributed by atoms with Crippen molar-refractivity contribution in [1.29, 1.82) is 0 Å². The minimum absolute atomic E-state index is 0.0415. The molecule has 5 nitrogen and oxygen atoms in total. The number of carbonyl (C=O) groups is 2. The Hall–Kier alpha value is -1.10. The summed E-state index contributed by atoms with van der Waals surface area (Å²) in [5.41, 5.74) is 0. The van der Waals surface area contributed by atoms with Crippen LogP contribution in [-0.2, 0) is 9.59 Å². The molecule has 0 bridgehead atoms. The van der Waals surface area contributed by atoms with Crippen LogP contribution in [0.25, 0.3) is 0 Å². The molecule has 0 saturated carbocycles. The average molecular weight is 213 g/mol. The Morgan fingerprint density at radius 3 is 2.73 bits per heavy atom. The zero-order chi connectivity index (χ0) is 11.3. The van der Waals surface area contributed by atoms with Crippen molar-refractivity contribution in [1.82, 2.24) is 15.5 Å². The van der Waals surface area contributed by atoms with E-state index in [1.807, 2.05) is 0 Å². The summed E-state index contributed by atoms with van der Waals surface area (Å²) in [6.45, 7) is 2.11. The van der Waals surface area contributed by atoms with Gasteiger partial charge in [0.1, 0.15) is 0 Å². The highest BCUT2D eigenvalue weighted by Gasteiger charge is 2.21. The van der Waals surface area contributed by atoms with Gasteiger partial charge in [0.25, 0.3) is 0 Å². The quantitative estimate of drug-likeness (QED) is 0.642. The summed E-state index contributed by atoms with van der Waals surface area (Å²) in [6, 6.07) is 0. The Labute approximate surface area is 90.2 Å². The lowest BCUT2D eigenvalue weighted by Gasteiger charge is -2.12. The Morgan fingerprint density at radius 1 is 1.47 bits per heavy atom. The Kier molecular flexibility index (Phi) is 4.55. The van der Waals surface area contributed by atoms with Crippen molar-refractivity contribution in [3.05, 3.63) is 0 Å². The topological polar surface area (TPSA) is 61.4 Å². The van der Waals surface area contributed by atoms with Gasteiger partial charge in [-0.15, -0.1) is 0 Å². The van der Waals surface area contributed by atoms with Crippen LogP contribution in [-0.4, -0.2) is 50.4 Å². The maximum absolute atomic E-state index is 11.5. The Bertz CT molecular complexity index is 235. The summed E-state index contributed by atoms with van der Waals surface area (Å²) in [5.74, 6) is 0.186. The lowest BCUT2D eigenvalue weighted by Crippen LogP contribution is -2.34. The fourth-order valence-electron chi connectivity index (χ4n) is 1.54. The third-order valence-electron chi connectivity index (χ3n) is 2.57. The molecule has 1 aliphatic heterocycles. The van der Waals surface area contributed by atoms with Gasteiger partial charge in [0.05, 0.1) is 5.92 Å². The van der Waals surface area contributed by atoms with E-state index in [1.54, 1.807) is 14.1 Å². The first-order valence-corrected chi connectivity index (χ1v) is 5.30. The highest BCUT2D eigenvalue weighted by molar-refractivity contribution is 5.80. The van der Waals surface area contributed by atoms with E-state index in [0.717, 1.165) is 19.5 Å². The van der Waals surface area contributed by atoms with E-state index in [0.29, 0.717) is 13.0 Å². The molecule has 15 heavy (non-hydrogen) atoms. The summed E-state index contributed by atoms with van der Waals surface area (Å²) in [5, 5.41) is 5.92. The van der Waals surface area contributed by atoms with Gasteiger partial charge < -0.3 is 15.5 Å². The fourth-order valence-corrected chi connectivity index (χ4v) is 1.54. The van der Waals surface area contributed by atoms with E-state index in [2.05, 4.69) is 10.6 Å². The molecule has 1 heterocycles. The van der Waals surface area contributed by atoms with E-state index in [9.17, 15) is 9.59 Å². The standard InChI is InChI=1S/C10H19N3O2/c1-13(2)9(14)4-6-12-10(15)8-3-5-11-7-8/h8,11H,3-7H2,1-2H3,(H,12,15)/t8-/m0/s1. The van der Waals surface area contributed by atoms with Gasteiger partial charge in [0.15, 0.2) is 0 Å². The van der Waals surface area contributed by atoms with Crippen molar-refractivity contribution in [3.63, 3.8) is 0 Å². The van der Waals surface area contributed by atoms with Crippen molar-refractivity contribution >= 4 is 11.8 Å². The van der Waals surface area contributed by atoms with Gasteiger partial charge in [-0.1, -0.05) is 0 Å². The second-order valence-corrected chi connectivity index (χ2v) is 4.02. The third kappa shape index (κ3) is 3.87. The minimum atomic E-state index is 0.0415. The number of carbonyl (C=O) groups excluding carboxylic acids is 2. The van der Waals surface area contributed by atoms with Gasteiger partial charge >= 0.3 is 0 Å². The summed E-state index contributed by atoms with van der Waals surface area (Å²) in [4.78, 5) is 24.3. The van der Waals surface area contributed by atoms with Crippen LogP contribution in [0.5, 0.6) is 0 Å². The molecule has 1 atom stereocenters. The highest BCUT2D eigenvalue weighted by Crippen LogP contribution is 2.06. The lowest BCUT2D eigenvalue weighted by molar-refractivity contribution is -0.129. The predicted octanol–water partition coefficient (Wildman–Crippen LogP) is -0.810. The lowest BCUT2D eigenvalue weighted by atomic mass is 10.1. The van der Waals surface area contributed by atoms with Crippen molar-refractivity contribution in [3.8, 4) is 0 Å². The maximum atomic E-state index is 11.5. The van der Waals surface area contributed by atoms with Crippen LogP contribution in [0.15, 0.2) is 0 Å². The fraction of sp³-hybridized carbons (Fsp3) is 0.800. The molecular formula is C10H19N3O2. The highest BCUT2D eigenvalue weighted by atomic mass is 16.2. The van der Waals surface area contributed by atoms with Crippen LogP contribution in [0.4, 0.5) is 0 Å². The van der Waals surface area contributed by atoms with E-state index in [4.69, 9.17) is 0 Å². The third-order valence-corrected chi connectivity index (χ3v) is 2.57. The smallest absolute Gasteiger partial charge is 0.224 e. The number of hydrogen-bond acceptors (Lipinski definition) is 3. The molecule has 1 aliphatic rings. The number of amides is 2. The van der Waals surface area contributed by atoms with Gasteiger partial charge in [-0.2, -0.15) is 0 Å². The van der Waals surface area contributed by atoms with Gasteiger partial charge in [0.2, 0.25) is 11.8 Å². The molecule has 86 valence electrons. The molecule has 2 N–H and O–H groups in total. The van der Waals surface area contributed by atoms with Crippen LogP contribution >= 0.6 is 0 Å². The largest absolute Gasteiger partial charge is 0.355 e. The number of hydrogen-bond donors (Lipinski definition) is 2. The zero-order valence-electron chi connectivity index (χ0n) is 9.38. The first-order chi connectivity index (χ1) is 7.11. The minimum Gasteiger partial charge on any atom is -0.355 e. The van der Waals surface area contributed by atoms with Gasteiger partial charge in [-0.3, -0.25) is 9.59 Å². The van der Waals surface area contributed by atoms with E-state index in [-0.39, 0.29) is 17.7 Å². The molecule has 1 rings (SSSR count). The summed E-state index contributed by atoms with van der Waals surface area (Å²) >= 11 is 0. The van der Waals surface area contributed by atoms with Crippen LogP contribution in [0, 0.1) is 5.92 Å². The normalized spacial score (nSPS) is 20.0. The van der Waals surface area contributed by atoms with Crippen molar-refractivity contribution in [2.45, 2.75) is 12.8 Å². The Morgan fingerprint density at radius 2 is 2.20 bits per heavy atom. The van der Waals surface area contributed by atoms with Crippen LogP contribution in [0.2, 0.25) is 0 Å². The SMILES string of the molecule is CN(C)C(=O)CCNC(=O)[C@H]1CCNC1.